The lowest BCUT2D eigenvalue weighted by Crippen LogP contribution is -2.49. The first kappa shape index (κ1) is 15.3. The first-order valence-corrected chi connectivity index (χ1v) is 9.06. The number of aromatic nitrogens is 2. The van der Waals surface area contributed by atoms with Crippen LogP contribution in [0.1, 0.15) is 11.6 Å². The summed E-state index contributed by atoms with van der Waals surface area (Å²) in [5.74, 6) is 1.08. The average molecular weight is 337 g/mol. The Balaban J connectivity index is 1.36. The Morgan fingerprint density at radius 3 is 2.79 bits per heavy atom. The molecular weight excluding hydrogens is 318 g/mol. The van der Waals surface area contributed by atoms with E-state index < -0.39 is 0 Å². The highest BCUT2D eigenvalue weighted by atomic mass is 32.2. The van der Waals surface area contributed by atoms with Crippen LogP contribution < -0.4 is 0 Å². The molecule has 24 heavy (non-hydrogen) atoms. The number of pyridine rings is 1. The molecule has 1 aliphatic heterocycles. The number of fused-ring (bicyclic) bond motifs is 1. The number of hydrogen-bond donors (Lipinski definition) is 0. The molecule has 1 aromatic carbocycles. The summed E-state index contributed by atoms with van der Waals surface area (Å²) in [5.41, 5.74) is 2.29. The van der Waals surface area contributed by atoms with Gasteiger partial charge in [0.05, 0.1) is 5.75 Å². The van der Waals surface area contributed by atoms with Crippen LogP contribution in [0.2, 0.25) is 0 Å². The molecule has 1 saturated heterocycles. The minimum absolute atomic E-state index is 0.208. The first-order valence-electron chi connectivity index (χ1n) is 8.08. The highest BCUT2D eigenvalue weighted by molar-refractivity contribution is 8.00. The number of thioether (sulfide) groups is 1. The van der Waals surface area contributed by atoms with E-state index in [4.69, 9.17) is 0 Å². The Morgan fingerprint density at radius 2 is 2.00 bits per heavy atom. The third kappa shape index (κ3) is 2.80. The van der Waals surface area contributed by atoms with Crippen molar-refractivity contribution in [3.63, 3.8) is 0 Å². The summed E-state index contributed by atoms with van der Waals surface area (Å²) < 4.78 is 2.11. The molecule has 1 amide bonds. The van der Waals surface area contributed by atoms with Crippen molar-refractivity contribution in [2.75, 3.05) is 18.8 Å². The molecule has 0 N–H and O–H groups in total. The fourth-order valence-corrected chi connectivity index (χ4v) is 4.16. The molecule has 0 radical (unpaired) electrons. The van der Waals surface area contributed by atoms with E-state index in [0.29, 0.717) is 11.7 Å². The molecule has 2 aromatic heterocycles. The number of nitrogens with zero attached hydrogens (tertiary/aromatic N) is 3. The van der Waals surface area contributed by atoms with E-state index in [1.807, 2.05) is 48.5 Å². The number of amides is 1. The number of para-hydroxylation sites is 1. The Bertz CT molecular complexity index is 869. The van der Waals surface area contributed by atoms with Crippen LogP contribution in [0.4, 0.5) is 0 Å². The van der Waals surface area contributed by atoms with Crippen molar-refractivity contribution in [3.8, 4) is 0 Å². The van der Waals surface area contributed by atoms with E-state index in [-0.39, 0.29) is 5.91 Å². The van der Waals surface area contributed by atoms with Gasteiger partial charge < -0.3 is 9.47 Å². The van der Waals surface area contributed by atoms with Crippen molar-refractivity contribution >= 4 is 28.6 Å². The van der Waals surface area contributed by atoms with Crippen LogP contribution in [0.25, 0.3) is 10.9 Å². The Hall–Kier alpha value is -2.27. The molecule has 5 heteroatoms. The number of benzene rings is 1. The summed E-state index contributed by atoms with van der Waals surface area (Å²) in [6.45, 7) is 1.57. The van der Waals surface area contributed by atoms with Gasteiger partial charge in [0.15, 0.2) is 0 Å². The van der Waals surface area contributed by atoms with Gasteiger partial charge in [0.25, 0.3) is 0 Å². The summed E-state index contributed by atoms with van der Waals surface area (Å²) in [6.07, 6.45) is 3.92. The Kier molecular flexibility index (Phi) is 4.02. The number of aryl methyl sites for hydroxylation is 1. The predicted octanol–water partition coefficient (Wildman–Crippen LogP) is 3.29. The maximum atomic E-state index is 12.4. The van der Waals surface area contributed by atoms with Crippen molar-refractivity contribution < 1.29 is 4.79 Å². The fourth-order valence-electron chi connectivity index (χ4n) is 3.14. The van der Waals surface area contributed by atoms with Gasteiger partial charge in [-0.05, 0) is 18.2 Å². The lowest BCUT2D eigenvalue weighted by molar-refractivity contribution is -0.132. The number of likely N-dealkylation sites (tertiary alicyclic amines) is 1. The van der Waals surface area contributed by atoms with E-state index in [9.17, 15) is 4.79 Å². The number of rotatable bonds is 4. The third-order valence-corrected chi connectivity index (χ3v) is 5.58. The summed E-state index contributed by atoms with van der Waals surface area (Å²) in [6, 6.07) is 14.3. The topological polar surface area (TPSA) is 38.1 Å². The van der Waals surface area contributed by atoms with Crippen LogP contribution in [-0.2, 0) is 11.8 Å². The number of carbonyl (C=O) groups excluding carboxylic acids is 1. The maximum Gasteiger partial charge on any atom is 0.232 e. The van der Waals surface area contributed by atoms with Crippen LogP contribution in [0.3, 0.4) is 0 Å². The fraction of sp³-hybridized carbons (Fsp3) is 0.263. The standard InChI is InChI=1S/C19H19N3OS/c1-21-12-18(15-6-2-3-8-17(15)21)24-13-19(23)22-10-14(11-22)16-7-4-5-9-20-16/h2-9,12,14H,10-11,13H2,1H3. The van der Waals surface area contributed by atoms with Gasteiger partial charge in [-0.1, -0.05) is 24.3 Å². The summed E-state index contributed by atoms with van der Waals surface area (Å²) >= 11 is 1.63. The van der Waals surface area contributed by atoms with Gasteiger partial charge in [0.2, 0.25) is 5.91 Å². The van der Waals surface area contributed by atoms with Crippen molar-refractivity contribution in [1.29, 1.82) is 0 Å². The number of hydrogen-bond acceptors (Lipinski definition) is 3. The minimum Gasteiger partial charge on any atom is -0.349 e. The molecule has 3 aromatic rings. The van der Waals surface area contributed by atoms with Gasteiger partial charge >= 0.3 is 0 Å². The van der Waals surface area contributed by atoms with Gasteiger partial charge in [-0.15, -0.1) is 11.8 Å². The van der Waals surface area contributed by atoms with Gasteiger partial charge in [-0.2, -0.15) is 0 Å². The monoisotopic (exact) mass is 337 g/mol. The van der Waals surface area contributed by atoms with Gasteiger partial charge in [-0.3, -0.25) is 9.78 Å². The zero-order valence-electron chi connectivity index (χ0n) is 13.6. The maximum absolute atomic E-state index is 12.4. The average Bonchev–Trinajstić information content (AvgIpc) is 2.89. The van der Waals surface area contributed by atoms with Crippen molar-refractivity contribution in [3.05, 3.63) is 60.6 Å². The minimum atomic E-state index is 0.208. The lowest BCUT2D eigenvalue weighted by Gasteiger charge is -2.38. The predicted molar refractivity (Wildman–Crippen MR) is 97.2 cm³/mol. The van der Waals surface area contributed by atoms with Crippen LogP contribution in [0.15, 0.2) is 59.8 Å². The SMILES string of the molecule is Cn1cc(SCC(=O)N2CC(c3ccccn3)C2)c2ccccc21. The molecule has 4 rings (SSSR count). The first-order chi connectivity index (χ1) is 11.7. The molecule has 0 bridgehead atoms. The lowest BCUT2D eigenvalue weighted by atomic mass is 9.96. The molecule has 4 nitrogen and oxygen atoms in total. The van der Waals surface area contributed by atoms with Gasteiger partial charge in [0.1, 0.15) is 0 Å². The number of carbonyl (C=O) groups is 1. The van der Waals surface area contributed by atoms with E-state index in [0.717, 1.165) is 18.8 Å². The van der Waals surface area contributed by atoms with Gasteiger partial charge in [-0.25, -0.2) is 0 Å². The second kappa shape index (κ2) is 6.32. The Labute approximate surface area is 145 Å². The van der Waals surface area contributed by atoms with E-state index in [2.05, 4.69) is 27.9 Å². The molecule has 0 unspecified atom stereocenters. The van der Waals surface area contributed by atoms with Crippen LogP contribution in [0.5, 0.6) is 0 Å². The summed E-state index contributed by atoms with van der Waals surface area (Å²) in [4.78, 5) is 19.9. The molecule has 0 spiro atoms. The molecule has 3 heterocycles. The van der Waals surface area contributed by atoms with E-state index >= 15 is 0 Å². The molecular formula is C19H19N3OS. The zero-order chi connectivity index (χ0) is 16.5. The van der Waals surface area contributed by atoms with Crippen LogP contribution in [-0.4, -0.2) is 39.2 Å². The van der Waals surface area contributed by atoms with Crippen LogP contribution >= 0.6 is 11.8 Å². The second-order valence-electron chi connectivity index (χ2n) is 6.16. The second-order valence-corrected chi connectivity index (χ2v) is 7.18. The van der Waals surface area contributed by atoms with Crippen molar-refractivity contribution in [2.45, 2.75) is 10.8 Å². The molecule has 1 fully saturated rings. The quantitative estimate of drug-likeness (QED) is 0.686. The van der Waals surface area contributed by atoms with E-state index in [1.165, 1.54) is 15.8 Å². The molecule has 1 aliphatic rings. The third-order valence-electron chi connectivity index (χ3n) is 4.55. The van der Waals surface area contributed by atoms with Crippen molar-refractivity contribution in [1.82, 2.24) is 14.5 Å². The molecule has 0 saturated carbocycles. The smallest absolute Gasteiger partial charge is 0.232 e. The zero-order valence-corrected chi connectivity index (χ0v) is 14.4. The van der Waals surface area contributed by atoms with Gasteiger partial charge in [0, 0.05) is 59.9 Å². The normalized spacial score (nSPS) is 14.8. The highest BCUT2D eigenvalue weighted by Gasteiger charge is 2.32. The van der Waals surface area contributed by atoms with Crippen molar-refractivity contribution in [2.24, 2.45) is 7.05 Å². The molecule has 0 atom stereocenters. The summed E-state index contributed by atoms with van der Waals surface area (Å²) in [7, 11) is 2.04. The molecule has 0 aliphatic carbocycles. The Morgan fingerprint density at radius 1 is 1.21 bits per heavy atom. The van der Waals surface area contributed by atoms with Crippen LogP contribution in [0, 0.1) is 0 Å². The molecule has 122 valence electrons. The summed E-state index contributed by atoms with van der Waals surface area (Å²) in [5, 5.41) is 1.22. The largest absolute Gasteiger partial charge is 0.349 e. The van der Waals surface area contributed by atoms with E-state index in [1.54, 1.807) is 11.8 Å². The highest BCUT2D eigenvalue weighted by Crippen LogP contribution is 2.31.